The number of nitrogens with zero attached hydrogens (tertiary/aromatic N) is 2. The first kappa shape index (κ1) is 28.5. The predicted octanol–water partition coefficient (Wildman–Crippen LogP) is 6.38. The maximum Gasteiger partial charge on any atom is 0.429 e. The van der Waals surface area contributed by atoms with Gasteiger partial charge in [0.05, 0.1) is 0 Å². The normalized spacial score (nSPS) is 23.8. The van der Waals surface area contributed by atoms with E-state index in [2.05, 4.69) is 28.4 Å². The molecule has 1 aromatic carbocycles. The van der Waals surface area contributed by atoms with Crippen molar-refractivity contribution in [1.82, 2.24) is 15.3 Å². The Kier molecular flexibility index (Phi) is 9.08. The van der Waals surface area contributed by atoms with Crippen molar-refractivity contribution in [1.29, 1.82) is 0 Å². The fraction of sp³-hybridized carbons (Fsp3) is 0.688. The van der Waals surface area contributed by atoms with Crippen LogP contribution < -0.4 is 5.43 Å². The molecule has 6 heteroatoms. The Morgan fingerprint density at radius 2 is 1.71 bits per heavy atom. The third kappa shape index (κ3) is 7.32. The van der Waals surface area contributed by atoms with Crippen molar-refractivity contribution in [3.05, 3.63) is 35.4 Å². The van der Waals surface area contributed by atoms with Crippen LogP contribution in [0.5, 0.6) is 0 Å². The summed E-state index contributed by atoms with van der Waals surface area (Å²) in [5, 5.41) is 1.27. The highest BCUT2D eigenvalue weighted by Crippen LogP contribution is 2.48. The van der Waals surface area contributed by atoms with E-state index in [9.17, 15) is 9.59 Å². The average Bonchev–Trinajstić information content (AvgIpc) is 2.87. The summed E-state index contributed by atoms with van der Waals surface area (Å²) in [7, 11) is 0. The van der Waals surface area contributed by atoms with Gasteiger partial charge in [0.2, 0.25) is 0 Å². The lowest BCUT2D eigenvalue weighted by Crippen LogP contribution is -2.58. The summed E-state index contributed by atoms with van der Waals surface area (Å²) in [5.74, 6) is 4.57. The monoisotopic (exact) mass is 521 g/mol. The standard InChI is InChI=1S/C32H47N3O3/c1-6-20-35(30(37)38-31(3,4)5)33-29(36)28-14-12-26(13-15-28)27-16-18-32(19-17-27)22-34(23-32)21-25-10-8-24(7-2)9-11-25/h2,12-15,24-25,27H,6,8-11,16-23H2,1,3-5H3,(H,33,36). The highest BCUT2D eigenvalue weighted by Gasteiger charge is 2.45. The van der Waals surface area contributed by atoms with E-state index in [1.807, 2.05) is 39.8 Å². The molecule has 38 heavy (non-hydrogen) atoms. The Balaban J connectivity index is 1.23. The van der Waals surface area contributed by atoms with Gasteiger partial charge < -0.3 is 9.64 Å². The van der Waals surface area contributed by atoms with Gasteiger partial charge in [0, 0.05) is 37.7 Å². The molecule has 1 spiro atoms. The maximum atomic E-state index is 12.9. The molecular formula is C32H47N3O3. The van der Waals surface area contributed by atoms with Crippen LogP contribution in [0.2, 0.25) is 0 Å². The van der Waals surface area contributed by atoms with E-state index < -0.39 is 11.7 Å². The summed E-state index contributed by atoms with van der Waals surface area (Å²) in [6, 6.07) is 7.95. The van der Waals surface area contributed by atoms with E-state index in [4.69, 9.17) is 11.2 Å². The minimum absolute atomic E-state index is 0.291. The molecule has 2 saturated carbocycles. The molecule has 4 rings (SSSR count). The lowest BCUT2D eigenvalue weighted by Gasteiger charge is -2.54. The molecule has 3 fully saturated rings. The summed E-state index contributed by atoms with van der Waals surface area (Å²) in [6.07, 6.45) is 15.8. The van der Waals surface area contributed by atoms with E-state index in [1.165, 1.54) is 81.6 Å². The van der Waals surface area contributed by atoms with E-state index in [0.717, 1.165) is 5.92 Å². The lowest BCUT2D eigenvalue weighted by molar-refractivity contribution is -0.0427. The maximum absolute atomic E-state index is 12.9. The molecule has 208 valence electrons. The van der Waals surface area contributed by atoms with Gasteiger partial charge in [-0.05, 0) is 114 Å². The van der Waals surface area contributed by atoms with Gasteiger partial charge in [0.25, 0.3) is 5.91 Å². The summed E-state index contributed by atoms with van der Waals surface area (Å²) in [6.45, 7) is 11.6. The largest absolute Gasteiger partial charge is 0.442 e. The number of amides is 2. The number of terminal acetylenes is 1. The molecule has 0 bridgehead atoms. The van der Waals surface area contributed by atoms with Crippen molar-refractivity contribution in [2.45, 2.75) is 97.0 Å². The molecule has 2 amide bonds. The topological polar surface area (TPSA) is 61.9 Å². The van der Waals surface area contributed by atoms with Gasteiger partial charge in [0.1, 0.15) is 5.60 Å². The Bertz CT molecular complexity index is 982. The Labute approximate surface area is 229 Å². The van der Waals surface area contributed by atoms with Crippen LogP contribution in [0.3, 0.4) is 0 Å². The minimum Gasteiger partial charge on any atom is -0.442 e. The number of likely N-dealkylation sites (tertiary alicyclic amines) is 1. The van der Waals surface area contributed by atoms with E-state index >= 15 is 0 Å². The first-order chi connectivity index (χ1) is 18.1. The lowest BCUT2D eigenvalue weighted by atomic mass is 9.64. The number of carbonyl (C=O) groups excluding carboxylic acids is 2. The second-order valence-electron chi connectivity index (χ2n) is 13.0. The highest BCUT2D eigenvalue weighted by molar-refractivity contribution is 5.95. The van der Waals surface area contributed by atoms with Crippen molar-refractivity contribution in [3.8, 4) is 12.3 Å². The number of carbonyl (C=O) groups is 2. The van der Waals surface area contributed by atoms with Gasteiger partial charge in [-0.3, -0.25) is 10.2 Å². The number of benzene rings is 1. The molecule has 0 atom stereocenters. The summed E-state index contributed by atoms with van der Waals surface area (Å²) >= 11 is 0. The molecule has 3 aliphatic rings. The SMILES string of the molecule is C#CC1CCC(CN2CC3(CCC(c4ccc(C(=O)NN(CCC)C(=O)OC(C)(C)C)cc4)CC3)C2)CC1. The van der Waals surface area contributed by atoms with E-state index in [-0.39, 0.29) is 5.91 Å². The summed E-state index contributed by atoms with van der Waals surface area (Å²) in [4.78, 5) is 28.0. The number of ether oxygens (including phenoxy) is 1. The van der Waals surface area contributed by atoms with Gasteiger partial charge in [-0.2, -0.15) is 0 Å². The zero-order valence-electron chi connectivity index (χ0n) is 23.9. The van der Waals surface area contributed by atoms with Crippen LogP contribution in [0.4, 0.5) is 4.79 Å². The van der Waals surface area contributed by atoms with Crippen LogP contribution in [-0.4, -0.2) is 53.7 Å². The average molecular weight is 522 g/mol. The van der Waals surface area contributed by atoms with Crippen LogP contribution >= 0.6 is 0 Å². The van der Waals surface area contributed by atoms with Gasteiger partial charge in [-0.25, -0.2) is 9.80 Å². The zero-order chi connectivity index (χ0) is 27.3. The summed E-state index contributed by atoms with van der Waals surface area (Å²) in [5.41, 5.74) is 4.50. The summed E-state index contributed by atoms with van der Waals surface area (Å²) < 4.78 is 5.43. The Hall–Kier alpha value is -2.52. The third-order valence-corrected chi connectivity index (χ3v) is 8.71. The molecule has 1 aliphatic heterocycles. The molecule has 1 saturated heterocycles. The molecule has 1 N–H and O–H groups in total. The van der Waals surface area contributed by atoms with Gasteiger partial charge in [-0.1, -0.05) is 19.1 Å². The fourth-order valence-corrected chi connectivity index (χ4v) is 6.62. The van der Waals surface area contributed by atoms with Gasteiger partial charge >= 0.3 is 6.09 Å². The van der Waals surface area contributed by atoms with Crippen LogP contribution in [0.15, 0.2) is 24.3 Å². The van der Waals surface area contributed by atoms with Gasteiger partial charge in [-0.15, -0.1) is 12.3 Å². The van der Waals surface area contributed by atoms with E-state index in [1.54, 1.807) is 0 Å². The van der Waals surface area contributed by atoms with Gasteiger partial charge in [0.15, 0.2) is 0 Å². The van der Waals surface area contributed by atoms with Crippen molar-refractivity contribution in [2.75, 3.05) is 26.2 Å². The zero-order valence-corrected chi connectivity index (χ0v) is 23.9. The Morgan fingerprint density at radius 3 is 2.26 bits per heavy atom. The molecule has 0 unspecified atom stereocenters. The number of hydrazine groups is 1. The molecule has 2 aliphatic carbocycles. The second-order valence-corrected chi connectivity index (χ2v) is 13.0. The molecule has 6 nitrogen and oxygen atoms in total. The molecule has 0 aromatic heterocycles. The number of hydrogen-bond donors (Lipinski definition) is 1. The van der Waals surface area contributed by atoms with Crippen LogP contribution in [0.1, 0.15) is 107 Å². The van der Waals surface area contributed by atoms with Crippen molar-refractivity contribution < 1.29 is 14.3 Å². The minimum atomic E-state index is -0.617. The molecule has 1 aromatic rings. The quantitative estimate of drug-likeness (QED) is 0.349. The number of nitrogens with one attached hydrogen (secondary N) is 1. The van der Waals surface area contributed by atoms with Crippen molar-refractivity contribution in [2.24, 2.45) is 17.3 Å². The first-order valence-corrected chi connectivity index (χ1v) is 14.7. The van der Waals surface area contributed by atoms with Crippen LogP contribution in [0, 0.1) is 29.6 Å². The molecule has 1 heterocycles. The van der Waals surface area contributed by atoms with Crippen LogP contribution in [-0.2, 0) is 4.74 Å². The molecule has 0 radical (unpaired) electrons. The van der Waals surface area contributed by atoms with Crippen LogP contribution in [0.25, 0.3) is 0 Å². The number of hydrogen-bond acceptors (Lipinski definition) is 4. The fourth-order valence-electron chi connectivity index (χ4n) is 6.62. The first-order valence-electron chi connectivity index (χ1n) is 14.7. The molecular weight excluding hydrogens is 474 g/mol. The highest BCUT2D eigenvalue weighted by atomic mass is 16.6. The smallest absolute Gasteiger partial charge is 0.429 e. The van der Waals surface area contributed by atoms with E-state index in [0.29, 0.717) is 35.8 Å². The third-order valence-electron chi connectivity index (χ3n) is 8.71. The predicted molar refractivity (Wildman–Crippen MR) is 152 cm³/mol. The van der Waals surface area contributed by atoms with Crippen molar-refractivity contribution >= 4 is 12.0 Å². The second kappa shape index (κ2) is 12.1. The van der Waals surface area contributed by atoms with Crippen molar-refractivity contribution in [3.63, 3.8) is 0 Å². The number of rotatable bonds is 6. The Morgan fingerprint density at radius 1 is 1.08 bits per heavy atom.